The third-order valence-corrected chi connectivity index (χ3v) is 5.53. The van der Waals surface area contributed by atoms with E-state index in [9.17, 15) is 9.18 Å². The number of piperidine rings is 1. The fourth-order valence-corrected chi connectivity index (χ4v) is 3.64. The molecular weight excluding hydrogens is 371 g/mol. The van der Waals surface area contributed by atoms with Gasteiger partial charge in [-0.25, -0.2) is 4.39 Å². The largest absolute Gasteiger partial charge is 0.497 e. The van der Waals surface area contributed by atoms with E-state index in [0.29, 0.717) is 29.6 Å². The third kappa shape index (κ3) is 5.07. The van der Waals surface area contributed by atoms with Gasteiger partial charge in [0.1, 0.15) is 23.4 Å². The highest BCUT2D eigenvalue weighted by atomic mass is 19.1. The summed E-state index contributed by atoms with van der Waals surface area (Å²) < 4.78 is 25.4. The second-order valence-electron chi connectivity index (χ2n) is 7.79. The van der Waals surface area contributed by atoms with Gasteiger partial charge in [-0.2, -0.15) is 0 Å². The average molecular weight is 398 g/mol. The van der Waals surface area contributed by atoms with E-state index in [1.54, 1.807) is 31.4 Å². The summed E-state index contributed by atoms with van der Waals surface area (Å²) in [5.74, 6) is 0.978. The van der Waals surface area contributed by atoms with Gasteiger partial charge in [-0.15, -0.1) is 0 Å². The highest BCUT2D eigenvalue weighted by Crippen LogP contribution is 2.29. The summed E-state index contributed by atoms with van der Waals surface area (Å²) >= 11 is 0. The van der Waals surface area contributed by atoms with Crippen LogP contribution >= 0.6 is 0 Å². The van der Waals surface area contributed by atoms with Crippen molar-refractivity contribution in [3.8, 4) is 11.5 Å². The Hall–Kier alpha value is -2.60. The molecule has 2 aromatic carbocycles. The first-order chi connectivity index (χ1) is 14.1. The van der Waals surface area contributed by atoms with E-state index < -0.39 is 0 Å². The zero-order chi connectivity index (χ0) is 20.2. The molecule has 6 heteroatoms. The van der Waals surface area contributed by atoms with Crippen molar-refractivity contribution in [1.82, 2.24) is 10.2 Å². The Balaban J connectivity index is 1.38. The monoisotopic (exact) mass is 398 g/mol. The Morgan fingerprint density at radius 2 is 1.90 bits per heavy atom. The number of carbonyl (C=O) groups excluding carboxylic acids is 1. The molecular formula is C23H27FN2O3. The molecule has 1 saturated carbocycles. The Morgan fingerprint density at radius 3 is 2.59 bits per heavy atom. The first-order valence-corrected chi connectivity index (χ1v) is 10.2. The minimum Gasteiger partial charge on any atom is -0.497 e. The summed E-state index contributed by atoms with van der Waals surface area (Å²) in [5, 5.41) is 3.02. The van der Waals surface area contributed by atoms with E-state index in [2.05, 4.69) is 10.2 Å². The minimum absolute atomic E-state index is 0.0199. The van der Waals surface area contributed by atoms with Crippen molar-refractivity contribution in [2.75, 3.05) is 20.2 Å². The van der Waals surface area contributed by atoms with E-state index in [0.717, 1.165) is 44.3 Å². The molecule has 0 bridgehead atoms. The van der Waals surface area contributed by atoms with E-state index in [4.69, 9.17) is 9.47 Å². The molecule has 1 N–H and O–H groups in total. The lowest BCUT2D eigenvalue weighted by molar-refractivity contribution is 0.0887. The molecule has 2 aliphatic rings. The number of rotatable bonds is 7. The van der Waals surface area contributed by atoms with Crippen molar-refractivity contribution >= 4 is 5.91 Å². The standard InChI is InChI=1S/C23H27FN2O3/c1-28-19-8-9-20(23(27)25-17-6-7-17)22(14-19)29-18-10-12-26(13-11-18)15-16-4-2-3-5-21(16)24/h2-5,8-9,14,17-18H,6-7,10-13,15H2,1H3,(H,25,27). The molecule has 0 unspecified atom stereocenters. The van der Waals surface area contributed by atoms with E-state index >= 15 is 0 Å². The molecule has 0 aromatic heterocycles. The van der Waals surface area contributed by atoms with Gasteiger partial charge < -0.3 is 14.8 Å². The highest BCUT2D eigenvalue weighted by Gasteiger charge is 2.27. The number of amides is 1. The number of hydrogen-bond acceptors (Lipinski definition) is 4. The van der Waals surface area contributed by atoms with Crippen molar-refractivity contribution < 1.29 is 18.7 Å². The van der Waals surface area contributed by atoms with E-state index in [1.165, 1.54) is 6.07 Å². The fourth-order valence-electron chi connectivity index (χ4n) is 3.64. The lowest BCUT2D eigenvalue weighted by atomic mass is 10.1. The van der Waals surface area contributed by atoms with Gasteiger partial charge in [-0.3, -0.25) is 9.69 Å². The number of hydrogen-bond donors (Lipinski definition) is 1. The number of carbonyl (C=O) groups is 1. The first-order valence-electron chi connectivity index (χ1n) is 10.2. The Kier molecular flexibility index (Phi) is 6.00. The molecule has 2 fully saturated rings. The summed E-state index contributed by atoms with van der Waals surface area (Å²) in [6.07, 6.45) is 3.76. The summed E-state index contributed by atoms with van der Waals surface area (Å²) in [5.41, 5.74) is 1.27. The van der Waals surface area contributed by atoms with Gasteiger partial charge in [0, 0.05) is 37.3 Å². The average Bonchev–Trinajstić information content (AvgIpc) is 3.55. The number of nitrogens with zero attached hydrogens (tertiary/aromatic N) is 1. The maximum atomic E-state index is 13.9. The number of halogens is 1. The molecule has 4 rings (SSSR count). The van der Waals surface area contributed by atoms with Crippen LogP contribution < -0.4 is 14.8 Å². The highest BCUT2D eigenvalue weighted by molar-refractivity contribution is 5.97. The van der Waals surface area contributed by atoms with Gasteiger partial charge in [0.15, 0.2) is 0 Å². The number of likely N-dealkylation sites (tertiary alicyclic amines) is 1. The van der Waals surface area contributed by atoms with Crippen molar-refractivity contribution in [2.24, 2.45) is 0 Å². The SMILES string of the molecule is COc1ccc(C(=O)NC2CC2)c(OC2CCN(Cc3ccccc3F)CC2)c1. The number of benzene rings is 2. The first kappa shape index (κ1) is 19.7. The van der Waals surface area contributed by atoms with Crippen LogP contribution in [0.1, 0.15) is 41.6 Å². The predicted molar refractivity (Wildman–Crippen MR) is 109 cm³/mol. The molecule has 1 saturated heterocycles. The minimum atomic E-state index is -0.159. The third-order valence-electron chi connectivity index (χ3n) is 5.53. The van der Waals surface area contributed by atoms with Crippen molar-refractivity contribution in [3.05, 3.63) is 59.4 Å². The van der Waals surface area contributed by atoms with Gasteiger partial charge in [-0.05, 0) is 43.9 Å². The second-order valence-corrected chi connectivity index (χ2v) is 7.79. The fraction of sp³-hybridized carbons (Fsp3) is 0.435. The van der Waals surface area contributed by atoms with Gasteiger partial charge in [0.05, 0.1) is 12.7 Å². The summed E-state index contributed by atoms with van der Waals surface area (Å²) in [6, 6.07) is 12.5. The maximum Gasteiger partial charge on any atom is 0.255 e. The Bertz CT molecular complexity index is 861. The number of ether oxygens (including phenoxy) is 2. The zero-order valence-corrected chi connectivity index (χ0v) is 16.7. The predicted octanol–water partition coefficient (Wildman–Crippen LogP) is 3.77. The molecule has 1 amide bonds. The molecule has 154 valence electrons. The van der Waals surface area contributed by atoms with Crippen molar-refractivity contribution in [1.29, 1.82) is 0 Å². The van der Waals surface area contributed by atoms with Crippen LogP contribution in [0.25, 0.3) is 0 Å². The molecule has 0 atom stereocenters. The lowest BCUT2D eigenvalue weighted by Crippen LogP contribution is -2.38. The molecule has 1 aliphatic heterocycles. The smallest absolute Gasteiger partial charge is 0.255 e. The van der Waals surface area contributed by atoms with Crippen LogP contribution in [0.15, 0.2) is 42.5 Å². The van der Waals surface area contributed by atoms with Crippen LogP contribution in [0, 0.1) is 5.82 Å². The molecule has 5 nitrogen and oxygen atoms in total. The van der Waals surface area contributed by atoms with Crippen molar-refractivity contribution in [3.63, 3.8) is 0 Å². The van der Waals surface area contributed by atoms with Crippen LogP contribution in [0.5, 0.6) is 11.5 Å². The number of nitrogens with one attached hydrogen (secondary N) is 1. The topological polar surface area (TPSA) is 50.8 Å². The van der Waals surface area contributed by atoms with Crippen LogP contribution in [0.3, 0.4) is 0 Å². The second kappa shape index (κ2) is 8.82. The van der Waals surface area contributed by atoms with Crippen molar-refractivity contribution in [2.45, 2.75) is 44.4 Å². The van der Waals surface area contributed by atoms with Crippen LogP contribution in [-0.4, -0.2) is 43.2 Å². The van der Waals surface area contributed by atoms with Gasteiger partial charge in [-0.1, -0.05) is 18.2 Å². The summed E-state index contributed by atoms with van der Waals surface area (Å²) in [4.78, 5) is 14.8. The Morgan fingerprint density at radius 1 is 1.14 bits per heavy atom. The Labute approximate surface area is 170 Å². The molecule has 2 aromatic rings. The van der Waals surface area contributed by atoms with Gasteiger partial charge in [0.25, 0.3) is 5.91 Å². The summed E-state index contributed by atoms with van der Waals surface area (Å²) in [6.45, 7) is 2.26. The van der Waals surface area contributed by atoms with E-state index in [1.807, 2.05) is 12.1 Å². The zero-order valence-electron chi connectivity index (χ0n) is 16.7. The molecule has 0 radical (unpaired) electrons. The normalized spacial score (nSPS) is 17.7. The molecule has 1 heterocycles. The van der Waals surface area contributed by atoms with E-state index in [-0.39, 0.29) is 17.8 Å². The van der Waals surface area contributed by atoms with Crippen LogP contribution in [-0.2, 0) is 6.54 Å². The van der Waals surface area contributed by atoms with Crippen LogP contribution in [0.4, 0.5) is 4.39 Å². The molecule has 1 aliphatic carbocycles. The van der Waals surface area contributed by atoms with Crippen LogP contribution in [0.2, 0.25) is 0 Å². The summed E-state index contributed by atoms with van der Waals surface area (Å²) in [7, 11) is 1.60. The molecule has 0 spiro atoms. The van der Waals surface area contributed by atoms with Gasteiger partial charge >= 0.3 is 0 Å². The lowest BCUT2D eigenvalue weighted by Gasteiger charge is -2.32. The molecule has 29 heavy (non-hydrogen) atoms. The van der Waals surface area contributed by atoms with Gasteiger partial charge in [0.2, 0.25) is 0 Å². The maximum absolute atomic E-state index is 13.9. The quantitative estimate of drug-likeness (QED) is 0.771. The number of methoxy groups -OCH3 is 1.